The molecule has 0 saturated carbocycles. The van der Waals surface area contributed by atoms with E-state index in [-0.39, 0.29) is 5.75 Å². The number of nitrogen functional groups attached to an aromatic ring is 1. The predicted molar refractivity (Wildman–Crippen MR) is 112 cm³/mol. The van der Waals surface area contributed by atoms with Gasteiger partial charge in [-0.25, -0.2) is 4.98 Å². The van der Waals surface area contributed by atoms with Crippen molar-refractivity contribution in [2.75, 3.05) is 17.6 Å². The first-order valence-corrected chi connectivity index (χ1v) is 9.77. The topological polar surface area (TPSA) is 109 Å². The molecule has 1 aliphatic rings. The van der Waals surface area contributed by atoms with Gasteiger partial charge in [0.25, 0.3) is 0 Å². The number of amides is 2. The molecular weight excluding hydrogens is 368 g/mol. The predicted octanol–water partition coefficient (Wildman–Crippen LogP) is 3.10. The van der Waals surface area contributed by atoms with Gasteiger partial charge in [-0.3, -0.25) is 9.59 Å². The maximum absolute atomic E-state index is 13.2. The third-order valence-electron chi connectivity index (χ3n) is 5.85. The quantitative estimate of drug-likeness (QED) is 0.676. The number of nitrogens with one attached hydrogen (secondary N) is 1. The van der Waals surface area contributed by atoms with Crippen molar-refractivity contribution in [1.29, 1.82) is 0 Å². The molecule has 1 aromatic heterocycles. The molecule has 0 aliphatic carbocycles. The number of pyridine rings is 1. The van der Waals surface area contributed by atoms with E-state index in [9.17, 15) is 14.7 Å². The normalized spacial score (nSPS) is 21.7. The monoisotopic (exact) mass is 396 g/mol. The molecule has 2 aromatic rings. The highest BCUT2D eigenvalue weighted by molar-refractivity contribution is 6.39. The molecule has 4 N–H and O–H groups in total. The van der Waals surface area contributed by atoms with E-state index in [1.165, 1.54) is 6.20 Å². The SMILES string of the molecule is Cc1cc([C@]2(C)CC[C@H](C)CN2C(=O)C(=O)Nc2cnc(N)c(C)c2)ccc1O. The molecule has 1 aromatic carbocycles. The fraction of sp³-hybridized carbons (Fsp3) is 0.409. The van der Waals surface area contributed by atoms with E-state index in [0.717, 1.165) is 29.5 Å². The van der Waals surface area contributed by atoms with E-state index in [1.807, 2.05) is 26.0 Å². The number of hydrogen-bond acceptors (Lipinski definition) is 5. The number of carbonyl (C=O) groups excluding carboxylic acids is 2. The third kappa shape index (κ3) is 4.04. The lowest BCUT2D eigenvalue weighted by atomic mass is 9.78. The molecule has 3 rings (SSSR count). The molecule has 0 unspecified atom stereocenters. The lowest BCUT2D eigenvalue weighted by Gasteiger charge is -2.47. The van der Waals surface area contributed by atoms with Crippen molar-refractivity contribution in [3.05, 3.63) is 47.2 Å². The van der Waals surface area contributed by atoms with Crippen LogP contribution < -0.4 is 11.1 Å². The Labute approximate surface area is 170 Å². The van der Waals surface area contributed by atoms with Crippen LogP contribution in [-0.2, 0) is 15.1 Å². The number of aromatic nitrogens is 1. The number of phenolic OH excluding ortho intramolecular Hbond substituents is 1. The number of rotatable bonds is 2. The Balaban J connectivity index is 1.89. The number of aryl methyl sites for hydroxylation is 2. The van der Waals surface area contributed by atoms with E-state index in [0.29, 0.717) is 24.0 Å². The average molecular weight is 396 g/mol. The molecule has 2 amide bonds. The zero-order valence-corrected chi connectivity index (χ0v) is 17.3. The summed E-state index contributed by atoms with van der Waals surface area (Å²) < 4.78 is 0. The summed E-state index contributed by atoms with van der Waals surface area (Å²) in [6.07, 6.45) is 3.12. The minimum atomic E-state index is -0.702. The molecule has 154 valence electrons. The first kappa shape index (κ1) is 20.6. The number of likely N-dealkylation sites (tertiary alicyclic amines) is 1. The lowest BCUT2D eigenvalue weighted by molar-refractivity contribution is -0.150. The molecule has 1 aliphatic heterocycles. The van der Waals surface area contributed by atoms with E-state index < -0.39 is 17.4 Å². The second-order valence-electron chi connectivity index (χ2n) is 8.21. The summed E-state index contributed by atoms with van der Waals surface area (Å²) in [7, 11) is 0. The van der Waals surface area contributed by atoms with Crippen LogP contribution in [0, 0.1) is 19.8 Å². The Kier molecular flexibility index (Phi) is 5.50. The largest absolute Gasteiger partial charge is 0.508 e. The Morgan fingerprint density at radius 3 is 2.66 bits per heavy atom. The van der Waals surface area contributed by atoms with Crippen molar-refractivity contribution in [3.63, 3.8) is 0 Å². The number of nitrogens with zero attached hydrogens (tertiary/aromatic N) is 2. The molecule has 0 spiro atoms. The molecule has 7 heteroatoms. The van der Waals surface area contributed by atoms with Gasteiger partial charge in [0.2, 0.25) is 0 Å². The summed E-state index contributed by atoms with van der Waals surface area (Å²) in [4.78, 5) is 31.6. The number of aromatic hydroxyl groups is 1. The van der Waals surface area contributed by atoms with E-state index in [2.05, 4.69) is 17.2 Å². The van der Waals surface area contributed by atoms with Gasteiger partial charge in [0, 0.05) is 6.54 Å². The van der Waals surface area contributed by atoms with E-state index >= 15 is 0 Å². The Hall–Kier alpha value is -3.09. The first-order valence-electron chi connectivity index (χ1n) is 9.77. The Morgan fingerprint density at radius 2 is 2.00 bits per heavy atom. The summed E-state index contributed by atoms with van der Waals surface area (Å²) in [5.74, 6) is -0.401. The van der Waals surface area contributed by atoms with Crippen molar-refractivity contribution >= 4 is 23.3 Å². The van der Waals surface area contributed by atoms with Gasteiger partial charge in [0.15, 0.2) is 0 Å². The van der Waals surface area contributed by atoms with Gasteiger partial charge in [0.05, 0.1) is 17.4 Å². The number of piperidine rings is 1. The van der Waals surface area contributed by atoms with Crippen molar-refractivity contribution in [2.24, 2.45) is 5.92 Å². The zero-order chi connectivity index (χ0) is 21.3. The lowest BCUT2D eigenvalue weighted by Crippen LogP contribution is -2.55. The van der Waals surface area contributed by atoms with Crippen LogP contribution >= 0.6 is 0 Å². The van der Waals surface area contributed by atoms with Crippen LogP contribution in [0.5, 0.6) is 5.75 Å². The van der Waals surface area contributed by atoms with Crippen LogP contribution in [0.2, 0.25) is 0 Å². The minimum Gasteiger partial charge on any atom is -0.508 e. The number of carbonyl (C=O) groups is 2. The molecule has 2 heterocycles. The van der Waals surface area contributed by atoms with Crippen LogP contribution in [0.1, 0.15) is 43.4 Å². The van der Waals surface area contributed by atoms with Crippen molar-refractivity contribution in [2.45, 2.75) is 46.1 Å². The van der Waals surface area contributed by atoms with Gasteiger partial charge >= 0.3 is 11.8 Å². The van der Waals surface area contributed by atoms with Crippen LogP contribution in [0.4, 0.5) is 11.5 Å². The van der Waals surface area contributed by atoms with Crippen LogP contribution in [-0.4, -0.2) is 33.3 Å². The molecule has 1 saturated heterocycles. The fourth-order valence-corrected chi connectivity index (χ4v) is 3.83. The second kappa shape index (κ2) is 7.73. The first-order chi connectivity index (χ1) is 13.6. The van der Waals surface area contributed by atoms with Crippen LogP contribution in [0.15, 0.2) is 30.5 Å². The molecule has 29 heavy (non-hydrogen) atoms. The van der Waals surface area contributed by atoms with Crippen molar-refractivity contribution < 1.29 is 14.7 Å². The number of nitrogens with two attached hydrogens (primary N) is 1. The van der Waals surface area contributed by atoms with E-state index in [4.69, 9.17) is 5.73 Å². The molecule has 0 bridgehead atoms. The number of phenols is 1. The highest BCUT2D eigenvalue weighted by Gasteiger charge is 2.43. The Bertz CT molecular complexity index is 959. The van der Waals surface area contributed by atoms with Gasteiger partial charge < -0.3 is 21.1 Å². The third-order valence-corrected chi connectivity index (χ3v) is 5.85. The van der Waals surface area contributed by atoms with Gasteiger partial charge in [-0.2, -0.15) is 0 Å². The van der Waals surface area contributed by atoms with Crippen LogP contribution in [0.3, 0.4) is 0 Å². The molecule has 0 radical (unpaired) electrons. The molecule has 1 fully saturated rings. The van der Waals surface area contributed by atoms with Gasteiger partial charge in [-0.05, 0) is 68.4 Å². The minimum absolute atomic E-state index is 0.211. The standard InChI is InChI=1S/C22H28N4O3/c1-13-7-8-22(4,16-5-6-18(27)14(2)9-16)26(12-13)21(29)20(28)25-17-10-15(3)19(23)24-11-17/h5-6,9-11,13,27H,7-8,12H2,1-4H3,(H2,23,24)(H,25,28)/t13-,22-/m0/s1. The smallest absolute Gasteiger partial charge is 0.313 e. The number of benzene rings is 1. The van der Waals surface area contributed by atoms with Crippen molar-refractivity contribution in [3.8, 4) is 5.75 Å². The van der Waals surface area contributed by atoms with Crippen molar-refractivity contribution in [1.82, 2.24) is 9.88 Å². The summed E-state index contributed by atoms with van der Waals surface area (Å²) in [5.41, 5.74) is 7.89. The zero-order valence-electron chi connectivity index (χ0n) is 17.3. The van der Waals surface area contributed by atoms with Crippen LogP contribution in [0.25, 0.3) is 0 Å². The van der Waals surface area contributed by atoms with E-state index in [1.54, 1.807) is 24.0 Å². The maximum atomic E-state index is 13.2. The summed E-state index contributed by atoms with van der Waals surface area (Å²) in [6, 6.07) is 7.04. The highest BCUT2D eigenvalue weighted by Crippen LogP contribution is 2.40. The average Bonchev–Trinajstić information content (AvgIpc) is 2.68. The highest BCUT2D eigenvalue weighted by atomic mass is 16.3. The summed E-state index contributed by atoms with van der Waals surface area (Å²) in [5, 5.41) is 12.5. The Morgan fingerprint density at radius 1 is 1.28 bits per heavy atom. The van der Waals surface area contributed by atoms with Gasteiger partial charge in [-0.1, -0.05) is 19.1 Å². The van der Waals surface area contributed by atoms with Gasteiger partial charge in [0.1, 0.15) is 11.6 Å². The molecule has 7 nitrogen and oxygen atoms in total. The number of hydrogen-bond donors (Lipinski definition) is 3. The summed E-state index contributed by atoms with van der Waals surface area (Å²) in [6.45, 7) is 8.15. The molecular formula is C22H28N4O3. The van der Waals surface area contributed by atoms with Gasteiger partial charge in [-0.15, -0.1) is 0 Å². The fourth-order valence-electron chi connectivity index (χ4n) is 3.83. The maximum Gasteiger partial charge on any atom is 0.313 e. The number of anilines is 2. The molecule has 2 atom stereocenters. The summed E-state index contributed by atoms with van der Waals surface area (Å²) >= 11 is 0. The second-order valence-corrected chi connectivity index (χ2v) is 8.21.